The summed E-state index contributed by atoms with van der Waals surface area (Å²) in [5.74, 6) is 0.356. The van der Waals surface area contributed by atoms with Gasteiger partial charge in [-0.3, -0.25) is 9.59 Å². The zero-order valence-corrected chi connectivity index (χ0v) is 21.8. The number of carbonyl (C=O) groups is 2. The molecule has 9 heteroatoms. The molecule has 0 radical (unpaired) electrons. The first-order chi connectivity index (χ1) is 18.4. The number of rotatable bonds is 6. The molecule has 5 rings (SSSR count). The Morgan fingerprint density at radius 1 is 1.03 bits per heavy atom. The van der Waals surface area contributed by atoms with E-state index in [1.807, 2.05) is 37.3 Å². The standard InChI is InChI=1S/C29H27FN4O3S/c1-18-25(28(36)33-23-12-3-4-13-24(23)37-2)26(34-14-7-15-38-29(34)31-18)19-8-6-11-22(17-19)32-27(35)20-9-5-10-21(30)16-20/h3-6,8-13,16-17,26H,7,14-15H2,1-2H3,(H,32,35)(H,33,36). The number of hydrogen-bond donors (Lipinski definition) is 2. The first kappa shape index (κ1) is 25.5. The molecule has 0 saturated carbocycles. The van der Waals surface area contributed by atoms with Crippen LogP contribution in [0.2, 0.25) is 0 Å². The van der Waals surface area contributed by atoms with Crippen LogP contribution in [0.3, 0.4) is 0 Å². The Kier molecular flexibility index (Phi) is 7.46. The molecule has 0 spiro atoms. The summed E-state index contributed by atoms with van der Waals surface area (Å²) in [7, 11) is 1.56. The van der Waals surface area contributed by atoms with E-state index in [1.165, 1.54) is 18.2 Å². The highest BCUT2D eigenvalue weighted by Gasteiger charge is 2.37. The van der Waals surface area contributed by atoms with Gasteiger partial charge in [0.25, 0.3) is 11.8 Å². The summed E-state index contributed by atoms with van der Waals surface area (Å²) < 4.78 is 19.1. The first-order valence-electron chi connectivity index (χ1n) is 12.2. The van der Waals surface area contributed by atoms with Crippen molar-refractivity contribution in [2.45, 2.75) is 19.4 Å². The molecule has 1 unspecified atom stereocenters. The van der Waals surface area contributed by atoms with Gasteiger partial charge >= 0.3 is 0 Å². The van der Waals surface area contributed by atoms with Crippen molar-refractivity contribution in [3.05, 3.63) is 101 Å². The lowest BCUT2D eigenvalue weighted by Gasteiger charge is -2.41. The van der Waals surface area contributed by atoms with Crippen molar-refractivity contribution >= 4 is 40.1 Å². The topological polar surface area (TPSA) is 83.0 Å². The van der Waals surface area contributed by atoms with Crippen LogP contribution in [-0.2, 0) is 4.79 Å². The minimum absolute atomic E-state index is 0.225. The second kappa shape index (κ2) is 11.1. The van der Waals surface area contributed by atoms with Crippen LogP contribution in [0, 0.1) is 5.82 Å². The van der Waals surface area contributed by atoms with Crippen molar-refractivity contribution in [1.29, 1.82) is 0 Å². The van der Waals surface area contributed by atoms with Crippen LogP contribution in [0.25, 0.3) is 0 Å². The van der Waals surface area contributed by atoms with Gasteiger partial charge in [-0.1, -0.05) is 42.1 Å². The number of amides is 2. The van der Waals surface area contributed by atoms with Crippen molar-refractivity contribution in [2.75, 3.05) is 30.0 Å². The van der Waals surface area contributed by atoms with Gasteiger partial charge in [-0.15, -0.1) is 0 Å². The zero-order chi connectivity index (χ0) is 26.6. The predicted molar refractivity (Wildman–Crippen MR) is 149 cm³/mol. The molecule has 2 amide bonds. The maximum atomic E-state index is 13.8. The zero-order valence-electron chi connectivity index (χ0n) is 21.0. The van der Waals surface area contributed by atoms with Gasteiger partial charge in [-0.05, 0) is 61.4 Å². The number of para-hydroxylation sites is 2. The summed E-state index contributed by atoms with van der Waals surface area (Å²) in [6, 6.07) is 19.8. The molecule has 0 aliphatic carbocycles. The van der Waals surface area contributed by atoms with Crippen molar-refractivity contribution in [2.24, 2.45) is 4.99 Å². The summed E-state index contributed by atoms with van der Waals surface area (Å²) in [4.78, 5) is 33.4. The number of aliphatic imine (C=N–C) groups is 1. The van der Waals surface area contributed by atoms with Crippen molar-refractivity contribution in [3.63, 3.8) is 0 Å². The third kappa shape index (κ3) is 5.28. The molecular formula is C29H27FN4O3S. The number of thioether (sulfide) groups is 1. The van der Waals surface area contributed by atoms with E-state index >= 15 is 0 Å². The smallest absolute Gasteiger partial charge is 0.255 e. The molecule has 3 aromatic carbocycles. The van der Waals surface area contributed by atoms with Gasteiger partial charge in [-0.25, -0.2) is 9.38 Å². The van der Waals surface area contributed by atoms with Crippen LogP contribution in [-0.4, -0.2) is 41.3 Å². The number of carbonyl (C=O) groups excluding carboxylic acids is 2. The summed E-state index contributed by atoms with van der Waals surface area (Å²) in [5.41, 5.74) is 3.34. The Bertz CT molecular complexity index is 1450. The lowest BCUT2D eigenvalue weighted by atomic mass is 9.93. The maximum absolute atomic E-state index is 13.8. The van der Waals surface area contributed by atoms with Gasteiger partial charge < -0.3 is 20.3 Å². The van der Waals surface area contributed by atoms with Crippen LogP contribution < -0.4 is 15.4 Å². The lowest BCUT2D eigenvalue weighted by Crippen LogP contribution is -2.43. The largest absolute Gasteiger partial charge is 0.495 e. The van der Waals surface area contributed by atoms with Gasteiger partial charge in [0.2, 0.25) is 0 Å². The van der Waals surface area contributed by atoms with E-state index in [-0.39, 0.29) is 11.5 Å². The van der Waals surface area contributed by atoms with E-state index in [1.54, 1.807) is 43.1 Å². The number of methoxy groups -OCH3 is 1. The van der Waals surface area contributed by atoms with Crippen LogP contribution in [0.4, 0.5) is 15.8 Å². The molecule has 2 heterocycles. The Morgan fingerprint density at radius 3 is 2.66 bits per heavy atom. The molecule has 2 aliphatic heterocycles. The molecule has 38 heavy (non-hydrogen) atoms. The number of ether oxygens (including phenoxy) is 1. The van der Waals surface area contributed by atoms with E-state index < -0.39 is 17.8 Å². The molecule has 194 valence electrons. The predicted octanol–water partition coefficient (Wildman–Crippen LogP) is 5.85. The van der Waals surface area contributed by atoms with Gasteiger partial charge in [0.1, 0.15) is 11.6 Å². The monoisotopic (exact) mass is 530 g/mol. The van der Waals surface area contributed by atoms with Crippen molar-refractivity contribution < 1.29 is 18.7 Å². The fraction of sp³-hybridized carbons (Fsp3) is 0.207. The SMILES string of the molecule is COc1ccccc1NC(=O)C1=C(C)N=C2SCCCN2C1c1cccc(NC(=O)c2cccc(F)c2)c1. The molecule has 7 nitrogen and oxygen atoms in total. The fourth-order valence-corrected chi connectivity index (χ4v) is 5.68. The summed E-state index contributed by atoms with van der Waals surface area (Å²) in [5, 5.41) is 6.73. The number of hydrogen-bond acceptors (Lipinski definition) is 6. The Morgan fingerprint density at radius 2 is 1.84 bits per heavy atom. The van der Waals surface area contributed by atoms with Crippen LogP contribution in [0.1, 0.15) is 35.3 Å². The number of allylic oxidation sites excluding steroid dienone is 1. The van der Waals surface area contributed by atoms with E-state index in [4.69, 9.17) is 9.73 Å². The Labute approximate surface area is 224 Å². The number of nitrogens with zero attached hydrogens (tertiary/aromatic N) is 2. The van der Waals surface area contributed by atoms with Crippen LogP contribution in [0.5, 0.6) is 5.75 Å². The number of halogens is 1. The van der Waals surface area contributed by atoms with Gasteiger partial charge in [0, 0.05) is 23.5 Å². The van der Waals surface area contributed by atoms with E-state index in [2.05, 4.69) is 15.5 Å². The fourth-order valence-electron chi connectivity index (χ4n) is 4.66. The van der Waals surface area contributed by atoms with Crippen molar-refractivity contribution in [1.82, 2.24) is 4.90 Å². The summed E-state index contributed by atoms with van der Waals surface area (Å²) in [6.45, 7) is 2.59. The highest BCUT2D eigenvalue weighted by Crippen LogP contribution is 2.40. The number of amidine groups is 1. The molecular weight excluding hydrogens is 503 g/mol. The second-order valence-corrected chi connectivity index (χ2v) is 10.00. The number of benzene rings is 3. The molecule has 1 saturated heterocycles. The van der Waals surface area contributed by atoms with Gasteiger partial charge in [-0.2, -0.15) is 0 Å². The Hall–Kier alpha value is -4.11. The first-order valence-corrected chi connectivity index (χ1v) is 13.2. The number of anilines is 2. The quantitative estimate of drug-likeness (QED) is 0.418. The summed E-state index contributed by atoms with van der Waals surface area (Å²) >= 11 is 1.67. The van der Waals surface area contributed by atoms with E-state index in [0.717, 1.165) is 29.4 Å². The van der Waals surface area contributed by atoms with Crippen LogP contribution >= 0.6 is 11.8 Å². The van der Waals surface area contributed by atoms with E-state index in [0.29, 0.717) is 28.4 Å². The number of nitrogens with one attached hydrogen (secondary N) is 2. The normalized spacial score (nSPS) is 16.9. The van der Waals surface area contributed by atoms with Gasteiger partial charge in [0.15, 0.2) is 5.17 Å². The second-order valence-electron chi connectivity index (χ2n) is 8.94. The minimum atomic E-state index is -0.477. The molecule has 1 fully saturated rings. The average Bonchev–Trinajstić information content (AvgIpc) is 2.92. The lowest BCUT2D eigenvalue weighted by molar-refractivity contribution is -0.113. The molecule has 3 aromatic rings. The Balaban J connectivity index is 1.49. The molecule has 2 N–H and O–H groups in total. The molecule has 0 aromatic heterocycles. The summed E-state index contributed by atoms with van der Waals surface area (Å²) in [6.07, 6.45) is 0.955. The third-order valence-corrected chi connectivity index (χ3v) is 7.48. The van der Waals surface area contributed by atoms with Gasteiger partial charge in [0.05, 0.1) is 30.1 Å². The number of fused-ring (bicyclic) bond motifs is 1. The van der Waals surface area contributed by atoms with E-state index in [9.17, 15) is 14.0 Å². The molecule has 0 bridgehead atoms. The van der Waals surface area contributed by atoms with Crippen LogP contribution in [0.15, 0.2) is 89.1 Å². The molecule has 2 aliphatic rings. The maximum Gasteiger partial charge on any atom is 0.255 e. The highest BCUT2D eigenvalue weighted by atomic mass is 32.2. The molecule has 1 atom stereocenters. The average molecular weight is 531 g/mol. The van der Waals surface area contributed by atoms with Crippen molar-refractivity contribution in [3.8, 4) is 5.75 Å². The third-order valence-electron chi connectivity index (χ3n) is 6.41. The highest BCUT2D eigenvalue weighted by molar-refractivity contribution is 8.13. The minimum Gasteiger partial charge on any atom is -0.495 e.